The van der Waals surface area contributed by atoms with E-state index >= 15 is 0 Å². The summed E-state index contributed by atoms with van der Waals surface area (Å²) in [6.07, 6.45) is -1.43. The Labute approximate surface area is 157 Å². The Morgan fingerprint density at radius 2 is 1.96 bits per heavy atom. The summed E-state index contributed by atoms with van der Waals surface area (Å²) >= 11 is 0. The summed E-state index contributed by atoms with van der Waals surface area (Å²) in [4.78, 5) is 35.9. The normalized spacial score (nSPS) is 12.0. The molecule has 0 radical (unpaired) electrons. The Bertz CT molecular complexity index is 1090. The van der Waals surface area contributed by atoms with Crippen LogP contribution in [0.15, 0.2) is 51.7 Å². The van der Waals surface area contributed by atoms with E-state index < -0.39 is 35.4 Å². The third kappa shape index (κ3) is 4.25. The first-order valence-electron chi connectivity index (χ1n) is 8.39. The number of benzene rings is 2. The number of ether oxygens (including phenoxy) is 1. The molecule has 3 aromatic rings. The molecule has 28 heavy (non-hydrogen) atoms. The minimum atomic E-state index is -1.24. The van der Waals surface area contributed by atoms with Gasteiger partial charge in [-0.25, -0.2) is 13.6 Å². The zero-order valence-corrected chi connectivity index (χ0v) is 14.8. The SMILES string of the molecule is C[C@H](OC(=O)CCn1c(=O)oc2ccccc21)C(=O)Nc1cc(F)ccc1F. The molecule has 0 fully saturated rings. The van der Waals surface area contributed by atoms with Gasteiger partial charge in [-0.15, -0.1) is 0 Å². The Kier molecular flexibility index (Phi) is 5.53. The molecule has 7 nitrogen and oxygen atoms in total. The monoisotopic (exact) mass is 390 g/mol. The molecule has 3 rings (SSSR count). The Balaban J connectivity index is 1.58. The molecule has 0 unspecified atom stereocenters. The number of aromatic nitrogens is 1. The maximum Gasteiger partial charge on any atom is 0.419 e. The second-order valence-electron chi connectivity index (χ2n) is 5.98. The van der Waals surface area contributed by atoms with Gasteiger partial charge in [0.05, 0.1) is 17.6 Å². The van der Waals surface area contributed by atoms with Gasteiger partial charge in [0.15, 0.2) is 11.7 Å². The smallest absolute Gasteiger partial charge is 0.419 e. The van der Waals surface area contributed by atoms with Crippen molar-refractivity contribution in [3.63, 3.8) is 0 Å². The van der Waals surface area contributed by atoms with Crippen molar-refractivity contribution in [1.82, 2.24) is 4.57 Å². The standard InChI is InChI=1S/C19H16F2N2O5/c1-11(18(25)22-14-10-12(20)6-7-13(14)21)27-17(24)8-9-23-15-4-2-3-5-16(15)28-19(23)26/h2-7,10-11H,8-9H2,1H3,(H,22,25)/t11-/m0/s1. The van der Waals surface area contributed by atoms with Gasteiger partial charge in [0.1, 0.15) is 11.6 Å². The van der Waals surface area contributed by atoms with Crippen LogP contribution in [0.25, 0.3) is 11.1 Å². The van der Waals surface area contributed by atoms with Gasteiger partial charge >= 0.3 is 11.7 Å². The number of hydrogen-bond acceptors (Lipinski definition) is 5. The van der Waals surface area contributed by atoms with Crippen molar-refractivity contribution in [3.8, 4) is 0 Å². The second kappa shape index (κ2) is 8.03. The second-order valence-corrected chi connectivity index (χ2v) is 5.98. The minimum Gasteiger partial charge on any atom is -0.452 e. The van der Waals surface area contributed by atoms with Gasteiger partial charge in [0.2, 0.25) is 0 Å². The number of para-hydroxylation sites is 2. The number of nitrogens with one attached hydrogen (secondary N) is 1. The van der Waals surface area contributed by atoms with Crippen LogP contribution in [0.2, 0.25) is 0 Å². The van der Waals surface area contributed by atoms with E-state index in [0.29, 0.717) is 11.1 Å². The molecule has 0 spiro atoms. The Morgan fingerprint density at radius 1 is 1.21 bits per heavy atom. The maximum atomic E-state index is 13.6. The van der Waals surface area contributed by atoms with Crippen molar-refractivity contribution in [2.75, 3.05) is 5.32 Å². The van der Waals surface area contributed by atoms with Gasteiger partial charge in [0, 0.05) is 12.6 Å². The first-order chi connectivity index (χ1) is 13.3. The lowest BCUT2D eigenvalue weighted by Crippen LogP contribution is -2.30. The summed E-state index contributed by atoms with van der Waals surface area (Å²) in [5.74, 6) is -3.71. The number of carbonyl (C=O) groups excluding carboxylic acids is 2. The average molecular weight is 390 g/mol. The molecule has 1 heterocycles. The third-order valence-corrected chi connectivity index (χ3v) is 3.98. The molecule has 0 aliphatic heterocycles. The van der Waals surface area contributed by atoms with E-state index in [1.54, 1.807) is 24.3 Å². The lowest BCUT2D eigenvalue weighted by molar-refractivity contribution is -0.153. The van der Waals surface area contributed by atoms with Gasteiger partial charge in [-0.05, 0) is 31.2 Å². The zero-order valence-electron chi connectivity index (χ0n) is 14.8. The quantitative estimate of drug-likeness (QED) is 0.654. The van der Waals surface area contributed by atoms with Crippen LogP contribution >= 0.6 is 0 Å². The number of aryl methyl sites for hydroxylation is 1. The number of hydrogen-bond donors (Lipinski definition) is 1. The van der Waals surface area contributed by atoms with Crippen molar-refractivity contribution in [3.05, 3.63) is 64.6 Å². The first kappa shape index (κ1) is 19.3. The summed E-state index contributed by atoms with van der Waals surface area (Å²) < 4.78 is 38.1. The molecule has 0 aliphatic rings. The molecular weight excluding hydrogens is 374 g/mol. The van der Waals surface area contributed by atoms with Crippen LogP contribution in [-0.4, -0.2) is 22.5 Å². The highest BCUT2D eigenvalue weighted by Crippen LogP contribution is 2.16. The number of amides is 1. The lowest BCUT2D eigenvalue weighted by Gasteiger charge is -2.14. The van der Waals surface area contributed by atoms with E-state index in [9.17, 15) is 23.2 Å². The first-order valence-corrected chi connectivity index (χ1v) is 8.39. The third-order valence-electron chi connectivity index (χ3n) is 3.98. The van der Waals surface area contributed by atoms with Crippen LogP contribution in [0.5, 0.6) is 0 Å². The summed E-state index contributed by atoms with van der Waals surface area (Å²) in [6.45, 7) is 1.30. The van der Waals surface area contributed by atoms with Crippen molar-refractivity contribution in [2.45, 2.75) is 26.0 Å². The molecule has 1 amide bonds. The number of fused-ring (bicyclic) bond motifs is 1. The maximum absolute atomic E-state index is 13.6. The van der Waals surface area contributed by atoms with E-state index in [2.05, 4.69) is 5.32 Å². The molecule has 1 N–H and O–H groups in total. The van der Waals surface area contributed by atoms with Crippen LogP contribution in [0.3, 0.4) is 0 Å². The molecule has 2 aromatic carbocycles. The van der Waals surface area contributed by atoms with Gasteiger partial charge in [0.25, 0.3) is 5.91 Å². The molecule has 9 heteroatoms. The highest BCUT2D eigenvalue weighted by molar-refractivity contribution is 5.95. The summed E-state index contributed by atoms with van der Waals surface area (Å²) in [5.41, 5.74) is 0.572. The summed E-state index contributed by atoms with van der Waals surface area (Å²) in [6, 6.07) is 9.34. The van der Waals surface area contributed by atoms with Crippen LogP contribution in [0.1, 0.15) is 13.3 Å². The number of rotatable bonds is 6. The predicted molar refractivity (Wildman–Crippen MR) is 95.6 cm³/mol. The Morgan fingerprint density at radius 3 is 2.75 bits per heavy atom. The van der Waals surface area contributed by atoms with Gasteiger partial charge in [-0.3, -0.25) is 14.2 Å². The van der Waals surface area contributed by atoms with E-state index in [1.807, 2.05) is 0 Å². The molecule has 1 atom stereocenters. The minimum absolute atomic E-state index is 0.00153. The molecule has 0 saturated carbocycles. The van der Waals surface area contributed by atoms with E-state index in [-0.39, 0.29) is 18.7 Å². The molecule has 146 valence electrons. The summed E-state index contributed by atoms with van der Waals surface area (Å²) in [5, 5.41) is 2.16. The molecule has 1 aromatic heterocycles. The van der Waals surface area contributed by atoms with Crippen LogP contribution in [0, 0.1) is 11.6 Å². The highest BCUT2D eigenvalue weighted by Gasteiger charge is 2.20. The topological polar surface area (TPSA) is 90.5 Å². The summed E-state index contributed by atoms with van der Waals surface area (Å²) in [7, 11) is 0. The highest BCUT2D eigenvalue weighted by atomic mass is 19.1. The fourth-order valence-electron chi connectivity index (χ4n) is 2.57. The Hall–Kier alpha value is -3.49. The number of anilines is 1. The van der Waals surface area contributed by atoms with Crippen molar-refractivity contribution in [1.29, 1.82) is 0 Å². The lowest BCUT2D eigenvalue weighted by atomic mass is 10.2. The number of carbonyl (C=O) groups is 2. The number of nitrogens with zero attached hydrogens (tertiary/aromatic N) is 1. The predicted octanol–water partition coefficient (Wildman–Crippen LogP) is 2.83. The van der Waals surface area contributed by atoms with E-state index in [0.717, 1.165) is 18.2 Å². The van der Waals surface area contributed by atoms with Crippen molar-refractivity contribution in [2.24, 2.45) is 0 Å². The fourth-order valence-corrected chi connectivity index (χ4v) is 2.57. The van der Waals surface area contributed by atoms with Crippen LogP contribution < -0.4 is 11.1 Å². The van der Waals surface area contributed by atoms with Gasteiger partial charge in [-0.1, -0.05) is 12.1 Å². The fraction of sp³-hybridized carbons (Fsp3) is 0.211. The van der Waals surface area contributed by atoms with Gasteiger partial charge < -0.3 is 14.5 Å². The largest absolute Gasteiger partial charge is 0.452 e. The molecule has 0 saturated heterocycles. The average Bonchev–Trinajstić information content (AvgIpc) is 2.98. The number of esters is 1. The van der Waals surface area contributed by atoms with Crippen molar-refractivity contribution >= 4 is 28.7 Å². The molecular formula is C19H16F2N2O5. The van der Waals surface area contributed by atoms with E-state index in [1.165, 1.54) is 11.5 Å². The molecule has 0 aliphatic carbocycles. The number of halogens is 2. The zero-order chi connectivity index (χ0) is 20.3. The van der Waals surface area contributed by atoms with Gasteiger partial charge in [-0.2, -0.15) is 0 Å². The number of oxazole rings is 1. The van der Waals surface area contributed by atoms with E-state index in [4.69, 9.17) is 9.15 Å². The van der Waals surface area contributed by atoms with Crippen LogP contribution in [-0.2, 0) is 20.9 Å². The molecule has 0 bridgehead atoms. The van der Waals surface area contributed by atoms with Crippen LogP contribution in [0.4, 0.5) is 14.5 Å². The van der Waals surface area contributed by atoms with Crippen molar-refractivity contribution < 1.29 is 27.5 Å².